The number of hydrogen-bond donors (Lipinski definition) is 0. The molecule has 0 fully saturated rings. The molecule has 0 bridgehead atoms. The lowest BCUT2D eigenvalue weighted by Crippen LogP contribution is -2.12. The van der Waals surface area contributed by atoms with Crippen LogP contribution in [0.4, 0.5) is 0 Å². The lowest BCUT2D eigenvalue weighted by Gasteiger charge is -2.06. The Kier molecular flexibility index (Phi) is 6.46. The third-order valence-corrected chi connectivity index (χ3v) is 3.55. The number of carbonyl (C=O) groups excluding carboxylic acids is 3. The van der Waals surface area contributed by atoms with Crippen LogP contribution in [0.1, 0.15) is 38.8 Å². The van der Waals surface area contributed by atoms with E-state index >= 15 is 0 Å². The highest BCUT2D eigenvalue weighted by molar-refractivity contribution is 5.97. The van der Waals surface area contributed by atoms with E-state index in [0.29, 0.717) is 11.1 Å². The Morgan fingerprint density at radius 1 is 0.800 bits per heavy atom. The third-order valence-electron chi connectivity index (χ3n) is 3.55. The summed E-state index contributed by atoms with van der Waals surface area (Å²) in [6, 6.07) is 14.1. The standard InChI is InChI=1S/C20H20O5/c1-14-3-7-17(8-4-14)19(22)13-16-5-9-18(10-6-16)20(23)25-12-11-24-15(2)21/h3-10H,11-13H2,1-2H3. The molecule has 0 amide bonds. The van der Waals surface area contributed by atoms with E-state index in [1.54, 1.807) is 24.3 Å². The molecule has 2 aromatic rings. The number of carbonyl (C=O) groups is 3. The summed E-state index contributed by atoms with van der Waals surface area (Å²) in [7, 11) is 0. The maximum atomic E-state index is 12.2. The molecule has 0 saturated carbocycles. The molecule has 0 heterocycles. The molecule has 2 aromatic carbocycles. The van der Waals surface area contributed by atoms with Gasteiger partial charge in [-0.2, -0.15) is 0 Å². The van der Waals surface area contributed by atoms with Gasteiger partial charge in [0.25, 0.3) is 0 Å². The van der Waals surface area contributed by atoms with Crippen molar-refractivity contribution in [3.05, 3.63) is 70.8 Å². The van der Waals surface area contributed by atoms with Gasteiger partial charge >= 0.3 is 11.9 Å². The van der Waals surface area contributed by atoms with Crippen molar-refractivity contribution in [1.82, 2.24) is 0 Å². The average molecular weight is 340 g/mol. The molecule has 0 radical (unpaired) electrons. The number of hydrogen-bond acceptors (Lipinski definition) is 5. The van der Waals surface area contributed by atoms with Gasteiger partial charge in [0, 0.05) is 18.9 Å². The SMILES string of the molecule is CC(=O)OCCOC(=O)c1ccc(CC(=O)c2ccc(C)cc2)cc1. The minimum absolute atomic E-state index is 0.00603. The van der Waals surface area contributed by atoms with Crippen LogP contribution >= 0.6 is 0 Å². The van der Waals surface area contributed by atoms with Gasteiger partial charge in [-0.25, -0.2) is 4.79 Å². The molecule has 0 N–H and O–H groups in total. The number of ketones is 1. The quantitative estimate of drug-likeness (QED) is 0.440. The summed E-state index contributed by atoms with van der Waals surface area (Å²) in [4.78, 5) is 34.7. The number of benzene rings is 2. The van der Waals surface area contributed by atoms with Gasteiger partial charge in [-0.15, -0.1) is 0 Å². The van der Waals surface area contributed by atoms with Gasteiger partial charge < -0.3 is 9.47 Å². The number of rotatable bonds is 7. The molecular formula is C20H20O5. The highest BCUT2D eigenvalue weighted by atomic mass is 16.6. The highest BCUT2D eigenvalue weighted by Gasteiger charge is 2.10. The molecule has 0 aliphatic heterocycles. The summed E-state index contributed by atoms with van der Waals surface area (Å²) in [5, 5.41) is 0. The van der Waals surface area contributed by atoms with Crippen molar-refractivity contribution in [3.8, 4) is 0 Å². The Balaban J connectivity index is 1.88. The van der Waals surface area contributed by atoms with E-state index in [1.807, 2.05) is 31.2 Å². The molecule has 0 spiro atoms. The first-order valence-electron chi connectivity index (χ1n) is 7.95. The summed E-state index contributed by atoms with van der Waals surface area (Å²) in [5.41, 5.74) is 2.98. The van der Waals surface area contributed by atoms with Gasteiger partial charge in [-0.3, -0.25) is 9.59 Å². The summed E-state index contributed by atoms with van der Waals surface area (Å²) < 4.78 is 9.68. The number of Topliss-reactive ketones (excluding diaryl/α,β-unsaturated/α-hetero) is 1. The first kappa shape index (κ1) is 18.4. The second kappa shape index (κ2) is 8.78. The fraction of sp³-hybridized carbons (Fsp3) is 0.250. The van der Waals surface area contributed by atoms with Crippen molar-refractivity contribution in [2.45, 2.75) is 20.3 Å². The number of esters is 2. The van der Waals surface area contributed by atoms with Crippen molar-refractivity contribution in [1.29, 1.82) is 0 Å². The minimum atomic E-state index is -0.497. The van der Waals surface area contributed by atoms with Crippen molar-refractivity contribution < 1.29 is 23.9 Å². The molecule has 0 unspecified atom stereocenters. The molecule has 5 nitrogen and oxygen atoms in total. The summed E-state index contributed by atoms with van der Waals surface area (Å²) >= 11 is 0. The first-order valence-corrected chi connectivity index (χ1v) is 7.95. The van der Waals surface area contributed by atoms with Crippen molar-refractivity contribution in [3.63, 3.8) is 0 Å². The zero-order valence-corrected chi connectivity index (χ0v) is 14.3. The Hall–Kier alpha value is -2.95. The van der Waals surface area contributed by atoms with E-state index in [-0.39, 0.29) is 25.4 Å². The van der Waals surface area contributed by atoms with Gasteiger partial charge in [0.05, 0.1) is 5.56 Å². The molecule has 2 rings (SSSR count). The Morgan fingerprint density at radius 2 is 1.36 bits per heavy atom. The summed E-state index contributed by atoms with van der Waals surface area (Å²) in [6.45, 7) is 3.30. The molecule has 0 saturated heterocycles. The normalized spacial score (nSPS) is 10.2. The van der Waals surface area contributed by atoms with E-state index in [4.69, 9.17) is 4.74 Å². The monoisotopic (exact) mass is 340 g/mol. The Morgan fingerprint density at radius 3 is 1.96 bits per heavy atom. The van der Waals surface area contributed by atoms with Crippen LogP contribution in [0.25, 0.3) is 0 Å². The molecule has 0 aromatic heterocycles. The molecule has 5 heteroatoms. The van der Waals surface area contributed by atoms with Crippen LogP contribution in [0.2, 0.25) is 0 Å². The van der Waals surface area contributed by atoms with Crippen LogP contribution < -0.4 is 0 Å². The van der Waals surface area contributed by atoms with Gasteiger partial charge in [-0.05, 0) is 24.6 Å². The lowest BCUT2D eigenvalue weighted by molar-refractivity contribution is -0.142. The predicted molar refractivity (Wildman–Crippen MR) is 92.6 cm³/mol. The van der Waals surface area contributed by atoms with Crippen LogP contribution in [0.5, 0.6) is 0 Å². The van der Waals surface area contributed by atoms with Gasteiger partial charge in [0.15, 0.2) is 5.78 Å². The zero-order valence-electron chi connectivity index (χ0n) is 14.3. The average Bonchev–Trinajstić information content (AvgIpc) is 2.59. The fourth-order valence-electron chi connectivity index (χ4n) is 2.19. The molecule has 130 valence electrons. The summed E-state index contributed by atoms with van der Waals surface area (Å²) in [5.74, 6) is -0.890. The predicted octanol–water partition coefficient (Wildman–Crippen LogP) is 3.14. The lowest BCUT2D eigenvalue weighted by atomic mass is 10.0. The van der Waals surface area contributed by atoms with Crippen LogP contribution in [0.3, 0.4) is 0 Å². The zero-order chi connectivity index (χ0) is 18.2. The van der Waals surface area contributed by atoms with E-state index < -0.39 is 11.9 Å². The number of ether oxygens (including phenoxy) is 2. The van der Waals surface area contributed by atoms with Crippen molar-refractivity contribution in [2.75, 3.05) is 13.2 Å². The van der Waals surface area contributed by atoms with E-state index in [9.17, 15) is 14.4 Å². The maximum Gasteiger partial charge on any atom is 0.338 e. The van der Waals surface area contributed by atoms with Crippen LogP contribution in [-0.2, 0) is 20.7 Å². The summed E-state index contributed by atoms with van der Waals surface area (Å²) in [6.07, 6.45) is 0.269. The van der Waals surface area contributed by atoms with Crippen LogP contribution in [0.15, 0.2) is 48.5 Å². The Bertz CT molecular complexity index is 745. The smallest absolute Gasteiger partial charge is 0.338 e. The second-order valence-corrected chi connectivity index (χ2v) is 5.64. The maximum absolute atomic E-state index is 12.2. The topological polar surface area (TPSA) is 69.7 Å². The van der Waals surface area contributed by atoms with Gasteiger partial charge in [-0.1, -0.05) is 42.0 Å². The van der Waals surface area contributed by atoms with E-state index in [2.05, 4.69) is 4.74 Å². The molecule has 0 aliphatic carbocycles. The largest absolute Gasteiger partial charge is 0.462 e. The minimum Gasteiger partial charge on any atom is -0.462 e. The fourth-order valence-corrected chi connectivity index (χ4v) is 2.19. The van der Waals surface area contributed by atoms with Gasteiger partial charge in [0.2, 0.25) is 0 Å². The third kappa shape index (κ3) is 5.88. The first-order chi connectivity index (χ1) is 12.0. The number of aryl methyl sites for hydroxylation is 1. The van der Waals surface area contributed by atoms with E-state index in [1.165, 1.54) is 6.92 Å². The van der Waals surface area contributed by atoms with Gasteiger partial charge in [0.1, 0.15) is 13.2 Å². The van der Waals surface area contributed by atoms with Crippen LogP contribution in [0, 0.1) is 6.92 Å². The molecule has 0 aliphatic rings. The highest BCUT2D eigenvalue weighted by Crippen LogP contribution is 2.11. The Labute approximate surface area is 146 Å². The van der Waals surface area contributed by atoms with Crippen molar-refractivity contribution >= 4 is 17.7 Å². The van der Waals surface area contributed by atoms with Crippen LogP contribution in [-0.4, -0.2) is 30.9 Å². The second-order valence-electron chi connectivity index (χ2n) is 5.64. The molecular weight excluding hydrogens is 320 g/mol. The molecule has 0 atom stereocenters. The van der Waals surface area contributed by atoms with E-state index in [0.717, 1.165) is 11.1 Å². The van der Waals surface area contributed by atoms with Crippen molar-refractivity contribution in [2.24, 2.45) is 0 Å². The molecule has 25 heavy (non-hydrogen) atoms.